The first-order chi connectivity index (χ1) is 72.5. The summed E-state index contributed by atoms with van der Waals surface area (Å²) in [5, 5.41) is 15.0. The average Bonchev–Trinajstić information content (AvgIpc) is 0.905. The van der Waals surface area contributed by atoms with Crippen molar-refractivity contribution in [1.82, 2.24) is 43.6 Å². The van der Waals surface area contributed by atoms with Gasteiger partial charge in [0.15, 0.2) is 0 Å². The quantitative estimate of drug-likeness (QED) is 0.0357. The van der Waals surface area contributed by atoms with Gasteiger partial charge in [-0.2, -0.15) is 0 Å². The number of benzene rings is 12. The van der Waals surface area contributed by atoms with E-state index in [1.54, 1.807) is 42.7 Å². The highest BCUT2D eigenvalue weighted by Gasteiger charge is 2.31. The van der Waals surface area contributed by atoms with Crippen molar-refractivity contribution in [2.75, 3.05) is 58.6 Å². The van der Waals surface area contributed by atoms with Gasteiger partial charge in [0.05, 0.1) is 95.9 Å². The predicted molar refractivity (Wildman–Crippen MR) is 607 cm³/mol. The number of hydrogen-bond acceptors (Lipinski definition) is 18. The molecule has 1 aliphatic rings. The average molecular weight is 1990 g/mol. The van der Waals surface area contributed by atoms with E-state index in [9.17, 15) is 0 Å². The normalized spacial score (nSPS) is 12.5. The Morgan fingerprint density at radius 2 is 0.487 bits per heavy atom. The van der Waals surface area contributed by atoms with Crippen molar-refractivity contribution in [1.29, 1.82) is 0 Å². The van der Waals surface area contributed by atoms with Crippen molar-refractivity contribution in [3.63, 3.8) is 0 Å². The van der Waals surface area contributed by atoms with E-state index in [1.165, 1.54) is 0 Å². The molecule has 18 aromatic rings. The zero-order valence-electron chi connectivity index (χ0n) is 89.1. The van der Waals surface area contributed by atoms with E-state index in [-0.39, 0.29) is 36.1 Å². The van der Waals surface area contributed by atoms with Crippen molar-refractivity contribution in [3.8, 4) is 51.7 Å². The van der Waals surface area contributed by atoms with Crippen LogP contribution in [0.2, 0.25) is 0 Å². The van der Waals surface area contributed by atoms with Gasteiger partial charge in [-0.1, -0.05) is 208 Å². The molecule has 0 fully saturated rings. The topological polar surface area (TPSA) is 211 Å². The van der Waals surface area contributed by atoms with Crippen LogP contribution in [0.3, 0.4) is 0 Å². The van der Waals surface area contributed by atoms with Gasteiger partial charge < -0.3 is 72.3 Å². The molecule has 19 rings (SSSR count). The molecule has 0 saturated carbocycles. The third-order valence-electron chi connectivity index (χ3n) is 28.2. The molecule has 21 nitrogen and oxygen atoms in total. The Balaban J connectivity index is 0.807. The van der Waals surface area contributed by atoms with Crippen LogP contribution in [-0.4, -0.2) is 86.3 Å². The first-order valence-corrected chi connectivity index (χ1v) is 51.2. The van der Waals surface area contributed by atoms with E-state index in [4.69, 9.17) is 72.5 Å². The van der Waals surface area contributed by atoms with Gasteiger partial charge in [0.25, 0.3) is 0 Å². The number of ether oxygens (including phenoxy) is 9. The molecule has 12 bridgehead atoms. The van der Waals surface area contributed by atoms with Gasteiger partial charge in [-0.15, -0.1) is 0 Å². The second-order valence-corrected chi connectivity index (χ2v) is 42.0. The van der Waals surface area contributed by atoms with Crippen LogP contribution < -0.4 is 58.6 Å². The molecule has 12 aromatic carbocycles. The fourth-order valence-electron chi connectivity index (χ4n) is 19.8. The largest absolute Gasteiger partial charge is 0.497 e. The van der Waals surface area contributed by atoms with Crippen LogP contribution in [0.4, 0.5) is 17.1 Å². The van der Waals surface area contributed by atoms with Crippen LogP contribution in [0.25, 0.3) is 69.2 Å². The summed E-state index contributed by atoms with van der Waals surface area (Å²) in [6.07, 6.45) is 26.3. The van der Waals surface area contributed by atoms with Crippen molar-refractivity contribution >= 4 is 86.2 Å². The summed E-state index contributed by atoms with van der Waals surface area (Å²) in [5.41, 5.74) is 27.7. The van der Waals surface area contributed by atoms with Crippen LogP contribution in [0.15, 0.2) is 274 Å². The molecular formula is C129H132N12O9. The van der Waals surface area contributed by atoms with Crippen LogP contribution in [0.5, 0.6) is 51.7 Å². The molecule has 6 heterocycles. The summed E-state index contributed by atoms with van der Waals surface area (Å²) in [6.45, 7) is 22.2. The number of nitrogens with one attached hydrogen (secondary N) is 3. The zero-order chi connectivity index (χ0) is 104. The van der Waals surface area contributed by atoms with Crippen LogP contribution >= 0.6 is 0 Å². The Hall–Kier alpha value is -16.7. The molecular weight excluding hydrogens is 1860 g/mol. The van der Waals surface area contributed by atoms with Crippen molar-refractivity contribution in [2.45, 2.75) is 157 Å². The lowest BCUT2D eigenvalue weighted by atomic mass is 9.81. The number of imidazole rings is 3. The standard InChI is InChI=1S/C129H132N12O9/c1-127(2,3)103-64-91-58-97-70-109(133-76-106-37-34-88-55-85(31-46-115(88)136-106)22-19-82-25-40-112(142-13)41-26-82)72-99(121(97)145-16)60-93-66-104(128(4,5)6)68-95(125(93)149-80-119-131-50-53-140(119)11)62-101-74-111(135-78-108-39-36-90-57-87(33-48-117(90)138-108)24-21-84-29-44-114(144-15)45-30-84)75-102(123(101)147-18)63-96-69-105(129(7,8)9)67-94(126(96)150-81-120-132-51-54-141(120)12)61-100-73-110(71-98(122(100)146-17)59-92(65-103)124(91)148-79-118-130-49-52-139(118)10)134-77-107-38-35-89-56-86(32-47-116(89)137-107)23-20-83-27-42-113(143-14)43-28-83/h19-57,64-75,133-135H,58-63,76-81H2,1-18H3. The summed E-state index contributed by atoms with van der Waals surface area (Å²) in [7, 11) is 16.5. The molecule has 1 aliphatic carbocycles. The lowest BCUT2D eigenvalue weighted by molar-refractivity contribution is 0.286. The predicted octanol–water partition coefficient (Wildman–Crippen LogP) is 27.4. The highest BCUT2D eigenvalue weighted by atomic mass is 16.5. The number of aryl methyl sites for hydroxylation is 3. The van der Waals surface area contributed by atoms with Gasteiger partial charge >= 0.3 is 0 Å². The maximum atomic E-state index is 7.58. The van der Waals surface area contributed by atoms with Crippen LogP contribution in [0.1, 0.15) is 214 Å². The third-order valence-corrected chi connectivity index (χ3v) is 28.2. The molecule has 21 heteroatoms. The molecule has 0 radical (unpaired) electrons. The number of hydrogen-bond donors (Lipinski definition) is 3. The second kappa shape index (κ2) is 44.5. The first-order valence-electron chi connectivity index (χ1n) is 51.2. The van der Waals surface area contributed by atoms with Crippen molar-refractivity contribution < 1.29 is 42.6 Å². The first kappa shape index (κ1) is 102. The summed E-state index contributed by atoms with van der Waals surface area (Å²) >= 11 is 0. The molecule has 762 valence electrons. The molecule has 0 aliphatic heterocycles. The highest BCUT2D eigenvalue weighted by molar-refractivity contribution is 5.87. The van der Waals surface area contributed by atoms with E-state index in [0.717, 1.165) is 253 Å². The minimum absolute atomic E-state index is 0.165. The Kier molecular flexibility index (Phi) is 30.3. The number of nitrogens with zero attached hydrogens (tertiary/aromatic N) is 9. The van der Waals surface area contributed by atoms with E-state index < -0.39 is 0 Å². The summed E-state index contributed by atoms with van der Waals surface area (Å²) < 4.78 is 66.4. The van der Waals surface area contributed by atoms with Gasteiger partial charge in [-0.25, -0.2) is 15.0 Å². The smallest absolute Gasteiger partial charge is 0.146 e. The van der Waals surface area contributed by atoms with E-state index in [1.807, 2.05) is 108 Å². The summed E-state index contributed by atoms with van der Waals surface area (Å²) in [4.78, 5) is 30.7. The van der Waals surface area contributed by atoms with Crippen LogP contribution in [-0.2, 0) is 115 Å². The van der Waals surface area contributed by atoms with E-state index >= 15 is 0 Å². The van der Waals surface area contributed by atoms with Gasteiger partial charge in [-0.3, -0.25) is 15.0 Å². The minimum atomic E-state index is -0.378. The van der Waals surface area contributed by atoms with E-state index in [2.05, 4.69) is 315 Å². The molecule has 6 aromatic heterocycles. The van der Waals surface area contributed by atoms with Crippen molar-refractivity contribution in [3.05, 3.63) is 425 Å². The van der Waals surface area contributed by atoms with Gasteiger partial charge in [0.2, 0.25) is 0 Å². The van der Waals surface area contributed by atoms with Gasteiger partial charge in [0, 0.05) is 163 Å². The Labute approximate surface area is 880 Å². The van der Waals surface area contributed by atoms with Crippen LogP contribution in [0, 0.1) is 0 Å². The molecule has 0 unspecified atom stereocenters. The zero-order valence-corrected chi connectivity index (χ0v) is 89.1. The maximum Gasteiger partial charge on any atom is 0.146 e. The Morgan fingerprint density at radius 1 is 0.260 bits per heavy atom. The number of methoxy groups -OCH3 is 6. The number of pyridine rings is 3. The van der Waals surface area contributed by atoms with Gasteiger partial charge in [0.1, 0.15) is 89.0 Å². The number of rotatable bonds is 30. The third kappa shape index (κ3) is 24.1. The summed E-state index contributed by atoms with van der Waals surface area (Å²) in [5.74, 6) is 9.03. The Morgan fingerprint density at radius 3 is 0.700 bits per heavy atom. The fraction of sp³-hybridized carbons (Fsp3) is 0.256. The maximum absolute atomic E-state index is 7.58. The monoisotopic (exact) mass is 1990 g/mol. The second-order valence-electron chi connectivity index (χ2n) is 42.0. The van der Waals surface area contributed by atoms with E-state index in [0.29, 0.717) is 58.2 Å². The van der Waals surface area contributed by atoms with Gasteiger partial charge in [-0.05, 0) is 227 Å². The molecule has 0 spiro atoms. The number of fused-ring (bicyclic) bond motifs is 15. The SMILES string of the molecule is COc1ccc(C=Cc2ccc3nc(CNc4cc5c(OC)c(c4)Cc4cc(C(C)(C)C)cc(c4OCc4nccn4C)Cc4cc(NCc6ccc7cc(C=Cc8ccc(OC)cc8)ccc7n6)cc(c4OC)Cc4cc(C(C)(C)C)cc(c4OCc4nccn4C)Cc4cc(NCc6ccc7cc(C=Cc8ccc(OC)cc8)ccc7n6)cc(c4OC)Cc4cc(C(C)(C)C)cc(c4OCc4nccn4C)C5)ccc3c2)cc1. The molecule has 150 heavy (non-hydrogen) atoms. The molecule has 0 atom stereocenters. The Bertz CT molecular complexity index is 7180. The molecule has 0 saturated heterocycles. The molecule has 0 amide bonds. The van der Waals surface area contributed by atoms with Crippen molar-refractivity contribution in [2.24, 2.45) is 21.1 Å². The lowest BCUT2D eigenvalue weighted by Gasteiger charge is -2.27. The number of aromatic nitrogens is 9. The minimum Gasteiger partial charge on any atom is -0.497 e. The molecule has 3 N–H and O–H groups in total. The fourth-order valence-corrected chi connectivity index (χ4v) is 19.8. The highest BCUT2D eigenvalue weighted by Crippen LogP contribution is 2.47. The summed E-state index contributed by atoms with van der Waals surface area (Å²) in [6, 6.07) is 83.9. The number of anilines is 3. The lowest BCUT2D eigenvalue weighted by Crippen LogP contribution is -2.16.